The molecule has 1 N–H and O–H groups in total. The molecule has 0 saturated heterocycles. The first-order chi connectivity index (χ1) is 5.29. The Bertz CT molecular complexity index is 289. The Balaban J connectivity index is 3.17. The summed E-state index contributed by atoms with van der Waals surface area (Å²) in [6.45, 7) is 1.91. The van der Waals surface area contributed by atoms with E-state index in [0.717, 1.165) is 17.7 Å². The Morgan fingerprint density at radius 2 is 2.55 bits per heavy atom. The van der Waals surface area contributed by atoms with Crippen molar-refractivity contribution >= 4 is 39.0 Å². The zero-order chi connectivity index (χ0) is 8.27. The summed E-state index contributed by atoms with van der Waals surface area (Å²) in [6, 6.07) is 0. The Hall–Kier alpha value is -0.720. The van der Waals surface area contributed by atoms with Crippen molar-refractivity contribution in [1.82, 2.24) is 9.78 Å². The molecule has 0 aliphatic heterocycles. The van der Waals surface area contributed by atoms with Crippen LogP contribution in [0.5, 0.6) is 0 Å². The minimum absolute atomic E-state index is 0.717. The molecule has 4 nitrogen and oxygen atoms in total. The monoisotopic (exact) mass is 262 g/mol. The molecule has 1 heterocycles. The van der Waals surface area contributed by atoms with Gasteiger partial charge in [-0.3, -0.25) is 5.41 Å². The fourth-order valence-corrected chi connectivity index (χ4v) is 1.01. The maximum Gasteiger partial charge on any atom is 0.160 e. The largest absolute Gasteiger partial charge is 0.289 e. The van der Waals surface area contributed by atoms with Crippen molar-refractivity contribution in [3.63, 3.8) is 0 Å². The van der Waals surface area contributed by atoms with Crippen LogP contribution in [-0.4, -0.2) is 20.3 Å². The van der Waals surface area contributed by atoms with E-state index in [9.17, 15) is 0 Å². The Kier molecular flexibility index (Phi) is 2.75. The van der Waals surface area contributed by atoms with Crippen LogP contribution in [-0.2, 0) is 0 Å². The zero-order valence-electron chi connectivity index (χ0n) is 5.95. The lowest BCUT2D eigenvalue weighted by atomic mass is 10.4. The van der Waals surface area contributed by atoms with Crippen LogP contribution in [0.2, 0.25) is 0 Å². The molecule has 1 rings (SSSR count). The summed E-state index contributed by atoms with van der Waals surface area (Å²) < 4.78 is 3.08. The number of nitrogens with zero attached hydrogens (tertiary/aromatic N) is 3. The third-order valence-electron chi connectivity index (χ3n) is 1.24. The number of aliphatic imine (C=N–C) groups is 1. The number of hydrogen-bond acceptors (Lipinski definition) is 3. The quantitative estimate of drug-likeness (QED) is 0.492. The first kappa shape index (κ1) is 8.38. The molecule has 0 fully saturated rings. The standard InChI is InChI=1S/C6H7IN4/c1-5-2-10-11(4-8)6(5)9-3-7/h2-4,8H,1H3. The van der Waals surface area contributed by atoms with E-state index in [1.165, 1.54) is 4.68 Å². The van der Waals surface area contributed by atoms with Gasteiger partial charge in [0.25, 0.3) is 0 Å². The molecular weight excluding hydrogens is 255 g/mol. The van der Waals surface area contributed by atoms with Gasteiger partial charge >= 0.3 is 0 Å². The number of aryl methyl sites for hydroxylation is 1. The summed E-state index contributed by atoms with van der Waals surface area (Å²) >= 11 is 2.03. The van der Waals surface area contributed by atoms with Crippen molar-refractivity contribution in [2.45, 2.75) is 6.92 Å². The topological polar surface area (TPSA) is 54.0 Å². The molecule has 0 saturated carbocycles. The molecule has 0 radical (unpaired) electrons. The van der Waals surface area contributed by atoms with Crippen molar-refractivity contribution in [3.05, 3.63) is 11.8 Å². The van der Waals surface area contributed by atoms with Crippen LogP contribution in [0.3, 0.4) is 0 Å². The molecule has 58 valence electrons. The summed E-state index contributed by atoms with van der Waals surface area (Å²) in [6.07, 6.45) is 2.82. The van der Waals surface area contributed by atoms with E-state index in [1.54, 1.807) is 10.4 Å². The third kappa shape index (κ3) is 1.65. The van der Waals surface area contributed by atoms with E-state index in [4.69, 9.17) is 5.41 Å². The maximum atomic E-state index is 6.98. The fourth-order valence-electron chi connectivity index (χ4n) is 0.744. The molecule has 0 unspecified atom stereocenters. The van der Waals surface area contributed by atoms with Gasteiger partial charge in [0, 0.05) is 5.56 Å². The maximum absolute atomic E-state index is 6.98. The van der Waals surface area contributed by atoms with Gasteiger partial charge in [-0.1, -0.05) is 0 Å². The first-order valence-electron chi connectivity index (χ1n) is 2.97. The molecular formula is C6H7IN4. The van der Waals surface area contributed by atoms with Crippen LogP contribution in [0.25, 0.3) is 0 Å². The predicted octanol–water partition coefficient (Wildman–Crippen LogP) is 1.74. The highest BCUT2D eigenvalue weighted by Crippen LogP contribution is 2.15. The van der Waals surface area contributed by atoms with Gasteiger partial charge in [-0.15, -0.1) is 0 Å². The average Bonchev–Trinajstić information content (AvgIpc) is 2.34. The SMILES string of the molecule is Cc1cnn(C=N)c1N=CI. The van der Waals surface area contributed by atoms with Crippen LogP contribution in [0, 0.1) is 12.3 Å². The fraction of sp³-hybridized carbons (Fsp3) is 0.167. The Morgan fingerprint density at radius 1 is 1.82 bits per heavy atom. The van der Waals surface area contributed by atoms with E-state index in [1.807, 2.05) is 29.5 Å². The molecule has 1 aromatic heterocycles. The minimum Gasteiger partial charge on any atom is -0.289 e. The second kappa shape index (κ2) is 3.61. The summed E-state index contributed by atoms with van der Waals surface area (Å²) in [5, 5.41) is 10.9. The summed E-state index contributed by atoms with van der Waals surface area (Å²) in [4.78, 5) is 4.05. The molecule has 1 aromatic rings. The molecule has 0 spiro atoms. The van der Waals surface area contributed by atoms with E-state index in [-0.39, 0.29) is 0 Å². The zero-order valence-corrected chi connectivity index (χ0v) is 8.11. The Morgan fingerprint density at radius 3 is 3.09 bits per heavy atom. The van der Waals surface area contributed by atoms with Crippen molar-refractivity contribution in [1.29, 1.82) is 5.41 Å². The number of nitrogens with one attached hydrogen (secondary N) is 1. The van der Waals surface area contributed by atoms with Crippen LogP contribution in [0.4, 0.5) is 5.82 Å². The van der Waals surface area contributed by atoms with Gasteiger partial charge in [0.05, 0.1) is 10.4 Å². The lowest BCUT2D eigenvalue weighted by molar-refractivity contribution is 0.948. The molecule has 0 bridgehead atoms. The molecule has 11 heavy (non-hydrogen) atoms. The summed E-state index contributed by atoms with van der Waals surface area (Å²) in [5.74, 6) is 0.717. The molecule has 0 aromatic carbocycles. The van der Waals surface area contributed by atoms with Gasteiger partial charge in [-0.05, 0) is 29.5 Å². The predicted molar refractivity (Wildman–Crippen MR) is 53.3 cm³/mol. The lowest BCUT2D eigenvalue weighted by Crippen LogP contribution is -1.94. The van der Waals surface area contributed by atoms with Gasteiger partial charge in [0.15, 0.2) is 5.82 Å². The van der Waals surface area contributed by atoms with Gasteiger partial charge < -0.3 is 0 Å². The van der Waals surface area contributed by atoms with E-state index < -0.39 is 0 Å². The van der Waals surface area contributed by atoms with Crippen molar-refractivity contribution < 1.29 is 0 Å². The van der Waals surface area contributed by atoms with Crippen LogP contribution < -0.4 is 0 Å². The van der Waals surface area contributed by atoms with Crippen molar-refractivity contribution in [3.8, 4) is 0 Å². The first-order valence-corrected chi connectivity index (χ1v) is 4.21. The Labute approximate surface area is 78.0 Å². The van der Waals surface area contributed by atoms with Crippen molar-refractivity contribution in [2.75, 3.05) is 0 Å². The molecule has 0 aliphatic carbocycles. The second-order valence-corrected chi connectivity index (χ2v) is 2.51. The highest BCUT2D eigenvalue weighted by Gasteiger charge is 2.01. The van der Waals surface area contributed by atoms with Crippen LogP contribution >= 0.6 is 22.6 Å². The molecule has 0 amide bonds. The highest BCUT2D eigenvalue weighted by atomic mass is 127. The van der Waals surface area contributed by atoms with Gasteiger partial charge in [-0.25, -0.2) is 9.67 Å². The third-order valence-corrected chi connectivity index (χ3v) is 1.52. The number of rotatable bonds is 2. The van der Waals surface area contributed by atoms with Crippen molar-refractivity contribution in [2.24, 2.45) is 4.99 Å². The smallest absolute Gasteiger partial charge is 0.160 e. The van der Waals surface area contributed by atoms with E-state index in [0.29, 0.717) is 0 Å². The minimum atomic E-state index is 0.717. The second-order valence-electron chi connectivity index (χ2n) is 1.95. The van der Waals surface area contributed by atoms with Gasteiger partial charge in [-0.2, -0.15) is 5.10 Å². The van der Waals surface area contributed by atoms with E-state index in [2.05, 4.69) is 10.1 Å². The van der Waals surface area contributed by atoms with Gasteiger partial charge in [0.1, 0.15) is 6.34 Å². The lowest BCUT2D eigenvalue weighted by Gasteiger charge is -1.93. The number of aromatic nitrogens is 2. The number of hydrogen-bond donors (Lipinski definition) is 1. The van der Waals surface area contributed by atoms with Crippen LogP contribution in [0.1, 0.15) is 5.56 Å². The summed E-state index contributed by atoms with van der Waals surface area (Å²) in [5.41, 5.74) is 0.974. The molecule has 0 atom stereocenters. The molecule has 0 aliphatic rings. The van der Waals surface area contributed by atoms with E-state index >= 15 is 0 Å². The summed E-state index contributed by atoms with van der Waals surface area (Å²) in [7, 11) is 0. The average molecular weight is 262 g/mol. The number of halogens is 1. The van der Waals surface area contributed by atoms with Gasteiger partial charge in [0.2, 0.25) is 0 Å². The normalized spacial score (nSPS) is 10.7. The molecule has 5 heteroatoms. The highest BCUT2D eigenvalue weighted by molar-refractivity contribution is 14.1. The van der Waals surface area contributed by atoms with Crippen LogP contribution in [0.15, 0.2) is 11.2 Å².